The van der Waals surface area contributed by atoms with Gasteiger partial charge in [0.1, 0.15) is 5.58 Å². The molecule has 4 rings (SSSR count). The predicted molar refractivity (Wildman–Crippen MR) is 92.8 cm³/mol. The van der Waals surface area contributed by atoms with Crippen LogP contribution in [0, 0.1) is 12.8 Å². The van der Waals surface area contributed by atoms with E-state index in [2.05, 4.69) is 24.3 Å². The molecular weight excluding hydrogens is 286 g/mol. The molecule has 0 unspecified atom stereocenters. The van der Waals surface area contributed by atoms with Crippen LogP contribution in [0.2, 0.25) is 0 Å². The third-order valence-electron chi connectivity index (χ3n) is 4.87. The molecule has 0 aliphatic heterocycles. The lowest BCUT2D eigenvalue weighted by Gasteiger charge is -2.19. The summed E-state index contributed by atoms with van der Waals surface area (Å²) in [5.74, 6) is 1.21. The third kappa shape index (κ3) is 2.40. The largest absolute Gasteiger partial charge is 0.450 e. The Bertz CT molecular complexity index is 889. The Labute approximate surface area is 135 Å². The van der Waals surface area contributed by atoms with Crippen LogP contribution in [0.25, 0.3) is 21.7 Å². The van der Waals surface area contributed by atoms with E-state index in [0.29, 0.717) is 11.7 Å². The quantitative estimate of drug-likeness (QED) is 0.696. The molecule has 0 saturated heterocycles. The number of nitrogens with zero attached hydrogens (tertiary/aromatic N) is 1. The molecule has 118 valence electrons. The van der Waals surface area contributed by atoms with Crippen LogP contribution in [0.3, 0.4) is 0 Å². The van der Waals surface area contributed by atoms with Gasteiger partial charge in [0, 0.05) is 29.4 Å². The van der Waals surface area contributed by atoms with Crippen molar-refractivity contribution in [3.8, 4) is 0 Å². The minimum absolute atomic E-state index is 0.0252. The van der Waals surface area contributed by atoms with Gasteiger partial charge in [0.05, 0.1) is 0 Å². The Morgan fingerprint density at radius 2 is 1.96 bits per heavy atom. The van der Waals surface area contributed by atoms with Crippen LogP contribution in [-0.4, -0.2) is 23.9 Å². The molecule has 0 N–H and O–H groups in total. The van der Waals surface area contributed by atoms with E-state index in [9.17, 15) is 4.79 Å². The first-order chi connectivity index (χ1) is 11.2. The van der Waals surface area contributed by atoms with Crippen molar-refractivity contribution >= 4 is 27.6 Å². The number of aryl methyl sites for hydroxylation is 1. The molecule has 3 aromatic rings. The van der Waals surface area contributed by atoms with E-state index in [1.165, 1.54) is 12.8 Å². The lowest BCUT2D eigenvalue weighted by molar-refractivity contribution is 0.0726. The number of rotatable bonds is 4. The van der Waals surface area contributed by atoms with Gasteiger partial charge in [0.25, 0.3) is 5.91 Å². The van der Waals surface area contributed by atoms with Gasteiger partial charge in [0.15, 0.2) is 5.76 Å². The summed E-state index contributed by atoms with van der Waals surface area (Å²) in [6.45, 7) is 5.60. The Balaban J connectivity index is 1.81. The van der Waals surface area contributed by atoms with Crippen LogP contribution >= 0.6 is 0 Å². The molecule has 0 bridgehead atoms. The smallest absolute Gasteiger partial charge is 0.289 e. The minimum Gasteiger partial charge on any atom is -0.450 e. The highest BCUT2D eigenvalue weighted by atomic mass is 16.3. The zero-order valence-corrected chi connectivity index (χ0v) is 13.6. The summed E-state index contributed by atoms with van der Waals surface area (Å²) in [5, 5.41) is 3.24. The standard InChI is InChI=1S/C20H21NO2/c1-3-21(12-14-8-9-14)20(22)18-13(2)16-11-10-15-6-4-5-7-17(15)19(16)23-18/h4-7,10-11,14H,3,8-9,12H2,1-2H3. The Kier molecular flexibility index (Phi) is 3.37. The highest BCUT2D eigenvalue weighted by Gasteiger charge is 2.29. The van der Waals surface area contributed by atoms with Crippen molar-refractivity contribution in [2.24, 2.45) is 5.92 Å². The van der Waals surface area contributed by atoms with Crippen LogP contribution in [0.4, 0.5) is 0 Å². The first kappa shape index (κ1) is 14.3. The van der Waals surface area contributed by atoms with E-state index in [1.807, 2.05) is 30.9 Å². The Morgan fingerprint density at radius 1 is 1.17 bits per heavy atom. The number of carbonyl (C=O) groups excluding carboxylic acids is 1. The average Bonchev–Trinajstić information content (AvgIpc) is 3.34. The average molecular weight is 307 g/mol. The van der Waals surface area contributed by atoms with Gasteiger partial charge in [-0.15, -0.1) is 0 Å². The molecule has 1 saturated carbocycles. The van der Waals surface area contributed by atoms with Crippen molar-refractivity contribution in [1.82, 2.24) is 4.90 Å². The number of amides is 1. The van der Waals surface area contributed by atoms with Gasteiger partial charge in [-0.3, -0.25) is 4.79 Å². The second-order valence-corrected chi connectivity index (χ2v) is 6.51. The number of hydrogen-bond acceptors (Lipinski definition) is 2. The Morgan fingerprint density at radius 3 is 2.70 bits per heavy atom. The maximum absolute atomic E-state index is 12.9. The van der Waals surface area contributed by atoms with Crippen molar-refractivity contribution in [3.63, 3.8) is 0 Å². The number of fused-ring (bicyclic) bond motifs is 3. The molecule has 3 nitrogen and oxygen atoms in total. The molecule has 23 heavy (non-hydrogen) atoms. The fraction of sp³-hybridized carbons (Fsp3) is 0.350. The van der Waals surface area contributed by atoms with Gasteiger partial charge in [-0.25, -0.2) is 0 Å². The summed E-state index contributed by atoms with van der Waals surface area (Å²) in [6.07, 6.45) is 2.49. The van der Waals surface area contributed by atoms with E-state index < -0.39 is 0 Å². The molecule has 1 amide bonds. The van der Waals surface area contributed by atoms with Gasteiger partial charge in [-0.1, -0.05) is 36.4 Å². The van der Waals surface area contributed by atoms with E-state index in [-0.39, 0.29) is 5.91 Å². The summed E-state index contributed by atoms with van der Waals surface area (Å²) in [6, 6.07) is 12.3. The van der Waals surface area contributed by atoms with Gasteiger partial charge < -0.3 is 9.32 Å². The van der Waals surface area contributed by atoms with Gasteiger partial charge in [0.2, 0.25) is 0 Å². The van der Waals surface area contributed by atoms with E-state index >= 15 is 0 Å². The van der Waals surface area contributed by atoms with E-state index in [1.54, 1.807) is 0 Å². The maximum Gasteiger partial charge on any atom is 0.289 e. The van der Waals surface area contributed by atoms with Crippen LogP contribution in [0.5, 0.6) is 0 Å². The monoisotopic (exact) mass is 307 g/mol. The molecule has 1 aromatic heterocycles. The molecule has 1 fully saturated rings. The normalized spacial score (nSPS) is 14.5. The van der Waals surface area contributed by atoms with Crippen molar-refractivity contribution < 1.29 is 9.21 Å². The molecule has 0 radical (unpaired) electrons. The van der Waals surface area contributed by atoms with E-state index in [0.717, 1.165) is 40.4 Å². The van der Waals surface area contributed by atoms with Crippen LogP contribution in [-0.2, 0) is 0 Å². The second kappa shape index (κ2) is 5.41. The van der Waals surface area contributed by atoms with Crippen molar-refractivity contribution in [3.05, 3.63) is 47.7 Å². The fourth-order valence-electron chi connectivity index (χ4n) is 3.26. The first-order valence-corrected chi connectivity index (χ1v) is 8.39. The van der Waals surface area contributed by atoms with Gasteiger partial charge in [-0.05, 0) is 38.0 Å². The van der Waals surface area contributed by atoms with Crippen molar-refractivity contribution in [1.29, 1.82) is 0 Å². The van der Waals surface area contributed by atoms with Crippen LogP contribution in [0.15, 0.2) is 40.8 Å². The molecule has 1 aliphatic carbocycles. The SMILES string of the molecule is CCN(CC1CC1)C(=O)c1oc2c(ccc3ccccc32)c1C. The Hall–Kier alpha value is -2.29. The molecule has 3 heteroatoms. The molecule has 1 aliphatic rings. The fourth-order valence-corrected chi connectivity index (χ4v) is 3.26. The van der Waals surface area contributed by atoms with Gasteiger partial charge >= 0.3 is 0 Å². The summed E-state index contributed by atoms with van der Waals surface area (Å²) in [5.41, 5.74) is 1.77. The zero-order valence-electron chi connectivity index (χ0n) is 13.6. The van der Waals surface area contributed by atoms with E-state index in [4.69, 9.17) is 4.42 Å². The minimum atomic E-state index is 0.0252. The molecule has 0 atom stereocenters. The van der Waals surface area contributed by atoms with Gasteiger partial charge in [-0.2, -0.15) is 0 Å². The number of benzene rings is 2. The summed E-state index contributed by atoms with van der Waals surface area (Å²) in [7, 11) is 0. The van der Waals surface area contributed by atoms with Crippen LogP contribution < -0.4 is 0 Å². The molecular formula is C20H21NO2. The summed E-state index contributed by atoms with van der Waals surface area (Å²) >= 11 is 0. The first-order valence-electron chi connectivity index (χ1n) is 8.39. The molecule has 2 aromatic carbocycles. The summed E-state index contributed by atoms with van der Waals surface area (Å²) < 4.78 is 6.07. The summed E-state index contributed by atoms with van der Waals surface area (Å²) in [4.78, 5) is 14.8. The predicted octanol–water partition coefficient (Wildman–Crippen LogP) is 4.77. The highest BCUT2D eigenvalue weighted by Crippen LogP contribution is 2.34. The second-order valence-electron chi connectivity index (χ2n) is 6.51. The zero-order chi connectivity index (χ0) is 16.0. The number of carbonyl (C=O) groups is 1. The lowest BCUT2D eigenvalue weighted by Crippen LogP contribution is -2.32. The third-order valence-corrected chi connectivity index (χ3v) is 4.87. The molecule has 1 heterocycles. The topological polar surface area (TPSA) is 33.5 Å². The van der Waals surface area contributed by atoms with Crippen molar-refractivity contribution in [2.75, 3.05) is 13.1 Å². The molecule has 0 spiro atoms. The lowest BCUT2D eigenvalue weighted by atomic mass is 10.1. The maximum atomic E-state index is 12.9. The number of furan rings is 1. The van der Waals surface area contributed by atoms with Crippen LogP contribution in [0.1, 0.15) is 35.9 Å². The number of hydrogen-bond donors (Lipinski definition) is 0. The van der Waals surface area contributed by atoms with Crippen molar-refractivity contribution in [2.45, 2.75) is 26.7 Å². The highest BCUT2D eigenvalue weighted by molar-refractivity contribution is 6.08.